The zero-order chi connectivity index (χ0) is 24.0. The van der Waals surface area contributed by atoms with E-state index < -0.39 is 0 Å². The number of hydrogen-bond acceptors (Lipinski definition) is 7. The highest BCUT2D eigenvalue weighted by atomic mass is 16.5. The predicted molar refractivity (Wildman–Crippen MR) is 130 cm³/mol. The fourth-order valence-electron chi connectivity index (χ4n) is 4.40. The number of methoxy groups -OCH3 is 1. The van der Waals surface area contributed by atoms with Gasteiger partial charge >= 0.3 is 5.69 Å². The van der Waals surface area contributed by atoms with Crippen LogP contribution >= 0.6 is 0 Å². The Morgan fingerprint density at radius 3 is 2.38 bits per heavy atom. The highest BCUT2D eigenvalue weighted by Gasteiger charge is 2.26. The van der Waals surface area contributed by atoms with Gasteiger partial charge in [0.2, 0.25) is 0 Å². The number of ether oxygens (including phenoxy) is 1. The van der Waals surface area contributed by atoms with Crippen molar-refractivity contribution in [1.82, 2.24) is 24.1 Å². The largest absolute Gasteiger partial charge is 0.497 e. The van der Waals surface area contributed by atoms with E-state index in [1.54, 1.807) is 22.3 Å². The molecule has 1 aromatic carbocycles. The van der Waals surface area contributed by atoms with Crippen LogP contribution in [0.25, 0.3) is 16.7 Å². The minimum atomic E-state index is -0.371. The summed E-state index contributed by atoms with van der Waals surface area (Å²) in [6.45, 7) is 7.69. The van der Waals surface area contributed by atoms with Gasteiger partial charge < -0.3 is 9.64 Å². The Kier molecular flexibility index (Phi) is 5.34. The lowest BCUT2D eigenvalue weighted by Gasteiger charge is -2.28. The van der Waals surface area contributed by atoms with E-state index in [4.69, 9.17) is 9.72 Å². The van der Waals surface area contributed by atoms with Crippen LogP contribution in [0, 0.1) is 0 Å². The summed E-state index contributed by atoms with van der Waals surface area (Å²) in [5.41, 5.74) is 3.04. The number of fused-ring (bicyclic) bond motifs is 3. The zero-order valence-corrected chi connectivity index (χ0v) is 19.9. The number of carbonyl (C=O) groups is 1. The van der Waals surface area contributed by atoms with Crippen molar-refractivity contribution in [3.63, 3.8) is 0 Å². The van der Waals surface area contributed by atoms with Crippen LogP contribution in [0.1, 0.15) is 45.0 Å². The third-order valence-electron chi connectivity index (χ3n) is 6.30. The molecule has 9 heteroatoms. The first kappa shape index (κ1) is 22.1. The van der Waals surface area contributed by atoms with Crippen molar-refractivity contribution in [2.45, 2.75) is 45.6 Å². The number of carbonyl (C=O) groups excluding carboxylic acids is 1. The summed E-state index contributed by atoms with van der Waals surface area (Å²) in [5, 5.41) is 8.72. The molecular weight excluding hydrogens is 432 g/mol. The van der Waals surface area contributed by atoms with Crippen molar-refractivity contribution >= 4 is 28.2 Å². The van der Waals surface area contributed by atoms with Crippen LogP contribution in [0.4, 0.5) is 5.69 Å². The van der Waals surface area contributed by atoms with Gasteiger partial charge in [-0.25, -0.2) is 14.2 Å². The molecule has 4 heterocycles. The number of ketones is 1. The minimum Gasteiger partial charge on any atom is -0.497 e. The quantitative estimate of drug-likeness (QED) is 0.462. The summed E-state index contributed by atoms with van der Waals surface area (Å²) < 4.78 is 8.59. The van der Waals surface area contributed by atoms with Gasteiger partial charge in [-0.3, -0.25) is 9.36 Å². The summed E-state index contributed by atoms with van der Waals surface area (Å²) in [6.07, 6.45) is 2.84. The van der Waals surface area contributed by atoms with E-state index in [9.17, 15) is 9.59 Å². The molecule has 0 saturated carbocycles. The third kappa shape index (κ3) is 3.81. The third-order valence-corrected chi connectivity index (χ3v) is 6.30. The van der Waals surface area contributed by atoms with E-state index in [1.165, 1.54) is 0 Å². The molecule has 3 aromatic heterocycles. The Bertz CT molecular complexity index is 1440. The summed E-state index contributed by atoms with van der Waals surface area (Å²) in [7, 11) is 1.63. The Hall–Kier alpha value is -3.75. The first-order valence-corrected chi connectivity index (χ1v) is 11.4. The van der Waals surface area contributed by atoms with E-state index in [0.29, 0.717) is 55.0 Å². The Morgan fingerprint density at radius 1 is 1.03 bits per heavy atom. The highest BCUT2D eigenvalue weighted by Crippen LogP contribution is 2.27. The molecule has 0 bridgehead atoms. The molecule has 34 heavy (non-hydrogen) atoms. The van der Waals surface area contributed by atoms with Crippen LogP contribution in [-0.4, -0.2) is 50.1 Å². The molecule has 0 spiro atoms. The lowest BCUT2D eigenvalue weighted by Crippen LogP contribution is -2.34. The molecule has 0 unspecified atom stereocenters. The summed E-state index contributed by atoms with van der Waals surface area (Å²) in [4.78, 5) is 32.5. The van der Waals surface area contributed by atoms with Crippen LogP contribution in [0.15, 0.2) is 41.3 Å². The smallest absolute Gasteiger partial charge is 0.336 e. The molecule has 0 aliphatic carbocycles. The molecule has 0 N–H and O–H groups in total. The van der Waals surface area contributed by atoms with E-state index in [0.717, 1.165) is 17.0 Å². The van der Waals surface area contributed by atoms with Gasteiger partial charge in [0, 0.05) is 31.3 Å². The van der Waals surface area contributed by atoms with Crippen molar-refractivity contribution < 1.29 is 9.53 Å². The standard InChI is InChI=1S/C25H28N6O3/c1-25(2,3)23-28-27-22-21-20(13-17(14-26-21)29-11-9-18(32)10-12-29)30(24(33)31(22)23)15-16-5-7-19(34-4)8-6-16/h5-8,13-14H,9-12,15H2,1-4H3. The number of rotatable bonds is 4. The Labute approximate surface area is 197 Å². The average molecular weight is 461 g/mol. The molecule has 176 valence electrons. The normalized spacial score (nSPS) is 14.8. The zero-order valence-electron chi connectivity index (χ0n) is 19.9. The second-order valence-electron chi connectivity index (χ2n) is 9.74. The van der Waals surface area contributed by atoms with Crippen molar-refractivity contribution in [3.8, 4) is 5.75 Å². The maximum absolute atomic E-state index is 13.9. The fourth-order valence-corrected chi connectivity index (χ4v) is 4.40. The number of anilines is 1. The molecule has 4 aromatic rings. The van der Waals surface area contributed by atoms with E-state index in [2.05, 4.69) is 15.1 Å². The van der Waals surface area contributed by atoms with E-state index in [-0.39, 0.29) is 16.9 Å². The van der Waals surface area contributed by atoms with E-state index in [1.807, 2.05) is 51.1 Å². The monoisotopic (exact) mass is 460 g/mol. The molecule has 0 amide bonds. The predicted octanol–water partition coefficient (Wildman–Crippen LogP) is 2.96. The Balaban J connectivity index is 1.72. The molecule has 9 nitrogen and oxygen atoms in total. The molecule has 0 atom stereocenters. The summed E-state index contributed by atoms with van der Waals surface area (Å²) in [6, 6.07) is 9.65. The lowest BCUT2D eigenvalue weighted by atomic mass is 9.96. The topological polar surface area (TPSA) is 94.6 Å². The van der Waals surface area contributed by atoms with Gasteiger partial charge in [0.25, 0.3) is 0 Å². The van der Waals surface area contributed by atoms with Crippen LogP contribution < -0.4 is 15.3 Å². The molecule has 0 radical (unpaired) electrons. The number of hydrogen-bond donors (Lipinski definition) is 0. The van der Waals surface area contributed by atoms with Crippen molar-refractivity contribution in [3.05, 3.63) is 58.4 Å². The van der Waals surface area contributed by atoms with Gasteiger partial charge in [-0.2, -0.15) is 0 Å². The second kappa shape index (κ2) is 8.23. The fraction of sp³-hybridized carbons (Fsp3) is 0.400. The first-order chi connectivity index (χ1) is 16.3. The number of Topliss-reactive ketones (excluding diaryl/α,β-unsaturated/α-hetero) is 1. The molecule has 5 rings (SSSR count). The Morgan fingerprint density at radius 2 is 1.74 bits per heavy atom. The van der Waals surface area contributed by atoms with Gasteiger partial charge in [-0.05, 0) is 23.8 Å². The van der Waals surface area contributed by atoms with Crippen LogP contribution in [0.3, 0.4) is 0 Å². The number of piperidine rings is 1. The lowest BCUT2D eigenvalue weighted by molar-refractivity contribution is -0.119. The number of nitrogens with zero attached hydrogens (tertiary/aromatic N) is 6. The second-order valence-corrected chi connectivity index (χ2v) is 9.74. The van der Waals surface area contributed by atoms with Crippen molar-refractivity contribution in [2.24, 2.45) is 0 Å². The van der Waals surface area contributed by atoms with Gasteiger partial charge in [0.1, 0.15) is 22.9 Å². The van der Waals surface area contributed by atoms with Crippen LogP contribution in [0.5, 0.6) is 5.75 Å². The molecule has 1 saturated heterocycles. The van der Waals surface area contributed by atoms with Crippen molar-refractivity contribution in [1.29, 1.82) is 0 Å². The van der Waals surface area contributed by atoms with Gasteiger partial charge in [0.05, 0.1) is 31.1 Å². The number of benzene rings is 1. The van der Waals surface area contributed by atoms with E-state index >= 15 is 0 Å². The number of aromatic nitrogens is 5. The highest BCUT2D eigenvalue weighted by molar-refractivity contribution is 5.90. The molecule has 1 aliphatic rings. The average Bonchev–Trinajstić information content (AvgIpc) is 3.29. The summed E-state index contributed by atoms with van der Waals surface area (Å²) >= 11 is 0. The maximum Gasteiger partial charge on any atom is 0.336 e. The molecule has 1 aliphatic heterocycles. The van der Waals surface area contributed by atoms with Gasteiger partial charge in [-0.15, -0.1) is 10.2 Å². The van der Waals surface area contributed by atoms with Crippen LogP contribution in [0.2, 0.25) is 0 Å². The SMILES string of the molecule is COc1ccc(Cn2c(=O)n3c(C(C)(C)C)nnc3c3ncc(N4CCC(=O)CC4)cc32)cc1. The first-order valence-electron chi connectivity index (χ1n) is 11.4. The van der Waals surface area contributed by atoms with Gasteiger partial charge in [0.15, 0.2) is 5.65 Å². The number of pyridine rings is 1. The van der Waals surface area contributed by atoms with Crippen LogP contribution in [-0.2, 0) is 16.8 Å². The maximum atomic E-state index is 13.9. The minimum absolute atomic E-state index is 0.207. The van der Waals surface area contributed by atoms with Crippen molar-refractivity contribution in [2.75, 3.05) is 25.1 Å². The molecule has 1 fully saturated rings. The summed E-state index contributed by atoms with van der Waals surface area (Å²) in [5.74, 6) is 1.63. The molecular formula is C25H28N6O3. The van der Waals surface area contributed by atoms with Gasteiger partial charge in [-0.1, -0.05) is 32.9 Å².